The van der Waals surface area contributed by atoms with Crippen molar-refractivity contribution >= 4 is 5.91 Å². The highest BCUT2D eigenvalue weighted by Gasteiger charge is 2.30. The highest BCUT2D eigenvalue weighted by molar-refractivity contribution is 5.91. The third kappa shape index (κ3) is 3.20. The molecule has 7 heteroatoms. The Morgan fingerprint density at radius 2 is 2.19 bits per heavy atom. The summed E-state index contributed by atoms with van der Waals surface area (Å²) in [6.45, 7) is 1.91. The molecule has 16 heavy (non-hydrogen) atoms. The summed E-state index contributed by atoms with van der Waals surface area (Å²) in [4.78, 5) is 19.2. The van der Waals surface area contributed by atoms with E-state index in [4.69, 9.17) is 0 Å². The standard InChI is InChI=1S/C9H9F3N2O2/c1-2-16-14-8(15)7-4-3-6(5-13-7)9(10,11)12/h3-5H,2H2,1H3,(H,14,15). The van der Waals surface area contributed by atoms with Gasteiger partial charge in [-0.25, -0.2) is 5.48 Å². The molecule has 1 heterocycles. The predicted molar refractivity (Wildman–Crippen MR) is 48.3 cm³/mol. The largest absolute Gasteiger partial charge is 0.417 e. The summed E-state index contributed by atoms with van der Waals surface area (Å²) in [5.74, 6) is -0.685. The average Bonchev–Trinajstić information content (AvgIpc) is 2.25. The van der Waals surface area contributed by atoms with Crippen LogP contribution in [0.2, 0.25) is 0 Å². The van der Waals surface area contributed by atoms with E-state index < -0.39 is 17.6 Å². The molecule has 0 aliphatic carbocycles. The van der Waals surface area contributed by atoms with Crippen LogP contribution in [-0.4, -0.2) is 17.5 Å². The summed E-state index contributed by atoms with van der Waals surface area (Å²) in [6.07, 6.45) is -3.86. The Kier molecular flexibility index (Phi) is 3.83. The number of carbonyl (C=O) groups is 1. The number of pyridine rings is 1. The molecule has 0 spiro atoms. The lowest BCUT2D eigenvalue weighted by atomic mass is 10.2. The quantitative estimate of drug-likeness (QED) is 0.811. The van der Waals surface area contributed by atoms with E-state index in [0.29, 0.717) is 6.20 Å². The fourth-order valence-electron chi connectivity index (χ4n) is 0.886. The van der Waals surface area contributed by atoms with Gasteiger partial charge in [0, 0.05) is 6.20 Å². The van der Waals surface area contributed by atoms with Gasteiger partial charge in [-0.05, 0) is 19.1 Å². The van der Waals surface area contributed by atoms with Gasteiger partial charge in [-0.15, -0.1) is 0 Å². The lowest BCUT2D eigenvalue weighted by molar-refractivity contribution is -0.137. The van der Waals surface area contributed by atoms with Crippen LogP contribution in [-0.2, 0) is 11.0 Å². The molecule has 0 radical (unpaired) electrons. The molecule has 0 bridgehead atoms. The Bertz CT molecular complexity index is 362. The second-order valence-corrected chi connectivity index (χ2v) is 2.79. The summed E-state index contributed by atoms with van der Waals surface area (Å²) >= 11 is 0. The van der Waals surface area contributed by atoms with Crippen molar-refractivity contribution in [2.75, 3.05) is 6.61 Å². The van der Waals surface area contributed by atoms with Crippen molar-refractivity contribution in [3.63, 3.8) is 0 Å². The zero-order valence-corrected chi connectivity index (χ0v) is 8.34. The Labute approximate surface area is 89.4 Å². The number of halogens is 3. The van der Waals surface area contributed by atoms with E-state index in [1.54, 1.807) is 6.92 Å². The van der Waals surface area contributed by atoms with Crippen LogP contribution >= 0.6 is 0 Å². The highest BCUT2D eigenvalue weighted by Crippen LogP contribution is 2.28. The molecule has 0 fully saturated rings. The number of hydroxylamine groups is 1. The molecular weight excluding hydrogens is 225 g/mol. The average molecular weight is 234 g/mol. The Balaban J connectivity index is 2.75. The number of hydrogen-bond acceptors (Lipinski definition) is 3. The molecule has 0 saturated carbocycles. The van der Waals surface area contributed by atoms with Gasteiger partial charge in [0.15, 0.2) is 0 Å². The summed E-state index contributed by atoms with van der Waals surface area (Å²) in [5, 5.41) is 0. The third-order valence-electron chi connectivity index (χ3n) is 1.63. The van der Waals surface area contributed by atoms with Gasteiger partial charge in [0.1, 0.15) is 5.69 Å². The van der Waals surface area contributed by atoms with Crippen LogP contribution in [0.1, 0.15) is 23.0 Å². The fraction of sp³-hybridized carbons (Fsp3) is 0.333. The normalized spacial score (nSPS) is 11.2. The van der Waals surface area contributed by atoms with E-state index in [1.807, 2.05) is 5.48 Å². The first kappa shape index (κ1) is 12.4. The first-order valence-corrected chi connectivity index (χ1v) is 4.40. The maximum Gasteiger partial charge on any atom is 0.417 e. The number of alkyl halides is 3. The van der Waals surface area contributed by atoms with Gasteiger partial charge in [-0.1, -0.05) is 0 Å². The van der Waals surface area contributed by atoms with Crippen LogP contribution in [0.4, 0.5) is 13.2 Å². The van der Waals surface area contributed by atoms with Crippen molar-refractivity contribution < 1.29 is 22.8 Å². The molecule has 0 aliphatic rings. The minimum atomic E-state index is -4.46. The van der Waals surface area contributed by atoms with Gasteiger partial charge in [0.25, 0.3) is 5.91 Å². The van der Waals surface area contributed by atoms with Gasteiger partial charge in [0.05, 0.1) is 12.2 Å². The highest BCUT2D eigenvalue weighted by atomic mass is 19.4. The first-order chi connectivity index (χ1) is 7.45. The summed E-state index contributed by atoms with van der Waals surface area (Å²) in [7, 11) is 0. The van der Waals surface area contributed by atoms with Crippen LogP contribution in [0.15, 0.2) is 18.3 Å². The first-order valence-electron chi connectivity index (χ1n) is 4.40. The van der Waals surface area contributed by atoms with Crippen molar-refractivity contribution in [2.24, 2.45) is 0 Å². The molecule has 1 amide bonds. The lowest BCUT2D eigenvalue weighted by Gasteiger charge is -2.06. The van der Waals surface area contributed by atoms with Crippen LogP contribution < -0.4 is 5.48 Å². The van der Waals surface area contributed by atoms with Crippen molar-refractivity contribution in [1.82, 2.24) is 10.5 Å². The second-order valence-electron chi connectivity index (χ2n) is 2.79. The van der Waals surface area contributed by atoms with E-state index in [9.17, 15) is 18.0 Å². The number of amides is 1. The second kappa shape index (κ2) is 4.93. The van der Waals surface area contributed by atoms with E-state index in [2.05, 4.69) is 9.82 Å². The maximum atomic E-state index is 12.2. The molecule has 88 valence electrons. The molecule has 1 N–H and O–H groups in total. The van der Waals surface area contributed by atoms with Crippen LogP contribution in [0, 0.1) is 0 Å². The van der Waals surface area contributed by atoms with Gasteiger partial charge in [-0.3, -0.25) is 14.6 Å². The lowest BCUT2D eigenvalue weighted by Crippen LogP contribution is -2.24. The number of carbonyl (C=O) groups excluding carboxylic acids is 1. The minimum Gasteiger partial charge on any atom is -0.274 e. The predicted octanol–water partition coefficient (Wildman–Crippen LogP) is 1.78. The van der Waals surface area contributed by atoms with Crippen LogP contribution in [0.5, 0.6) is 0 Å². The number of hydrogen-bond donors (Lipinski definition) is 1. The third-order valence-corrected chi connectivity index (χ3v) is 1.63. The number of nitrogens with one attached hydrogen (secondary N) is 1. The summed E-state index contributed by atoms with van der Waals surface area (Å²) in [6, 6.07) is 1.77. The molecule has 1 aromatic heterocycles. The molecule has 0 aliphatic heterocycles. The van der Waals surface area contributed by atoms with Crippen molar-refractivity contribution in [3.05, 3.63) is 29.6 Å². The number of rotatable bonds is 3. The maximum absolute atomic E-state index is 12.2. The summed E-state index contributed by atoms with van der Waals surface area (Å²) in [5.41, 5.74) is 0.984. The van der Waals surface area contributed by atoms with Crippen molar-refractivity contribution in [2.45, 2.75) is 13.1 Å². The van der Waals surface area contributed by atoms with E-state index in [-0.39, 0.29) is 12.3 Å². The molecule has 0 aromatic carbocycles. The zero-order chi connectivity index (χ0) is 12.2. The van der Waals surface area contributed by atoms with Gasteiger partial charge in [-0.2, -0.15) is 13.2 Å². The van der Waals surface area contributed by atoms with Gasteiger partial charge >= 0.3 is 6.18 Å². The molecule has 0 saturated heterocycles. The van der Waals surface area contributed by atoms with Gasteiger partial charge < -0.3 is 0 Å². The Hall–Kier alpha value is -1.63. The van der Waals surface area contributed by atoms with Crippen molar-refractivity contribution in [1.29, 1.82) is 0 Å². The fourth-order valence-corrected chi connectivity index (χ4v) is 0.886. The number of aromatic nitrogens is 1. The molecule has 1 rings (SSSR count). The Morgan fingerprint density at radius 1 is 1.50 bits per heavy atom. The van der Waals surface area contributed by atoms with Crippen LogP contribution in [0.25, 0.3) is 0 Å². The Morgan fingerprint density at radius 3 is 2.62 bits per heavy atom. The van der Waals surface area contributed by atoms with E-state index >= 15 is 0 Å². The van der Waals surface area contributed by atoms with Gasteiger partial charge in [0.2, 0.25) is 0 Å². The SMILES string of the molecule is CCONC(=O)c1ccc(C(F)(F)F)cn1. The van der Waals surface area contributed by atoms with E-state index in [1.165, 1.54) is 0 Å². The molecule has 1 aromatic rings. The molecule has 0 unspecified atom stereocenters. The number of nitrogens with zero attached hydrogens (tertiary/aromatic N) is 1. The smallest absolute Gasteiger partial charge is 0.274 e. The monoisotopic (exact) mass is 234 g/mol. The zero-order valence-electron chi connectivity index (χ0n) is 8.34. The molecule has 4 nitrogen and oxygen atoms in total. The van der Waals surface area contributed by atoms with Crippen LogP contribution in [0.3, 0.4) is 0 Å². The minimum absolute atomic E-state index is 0.138. The molecular formula is C9H9F3N2O2. The molecule has 0 atom stereocenters. The topological polar surface area (TPSA) is 51.2 Å². The summed E-state index contributed by atoms with van der Waals surface area (Å²) < 4.78 is 36.5. The van der Waals surface area contributed by atoms with Crippen molar-refractivity contribution in [3.8, 4) is 0 Å². The van der Waals surface area contributed by atoms with E-state index in [0.717, 1.165) is 12.1 Å².